The lowest BCUT2D eigenvalue weighted by Gasteiger charge is -2.02. The molecule has 0 heterocycles. The molecular weight excluding hydrogens is 214 g/mol. The molecule has 1 rings (SSSR count). The smallest absolute Gasteiger partial charge is 0.0994 e. The maximum atomic E-state index is 8.75. The predicted molar refractivity (Wildman–Crippen MR) is 53.2 cm³/mol. The van der Waals surface area contributed by atoms with Gasteiger partial charge in [0.25, 0.3) is 0 Å². The van der Waals surface area contributed by atoms with E-state index in [-0.39, 0.29) is 0 Å². The summed E-state index contributed by atoms with van der Waals surface area (Å²) < 4.78 is 0. The molecule has 0 N–H and O–H groups in total. The first kappa shape index (κ1) is 9.28. The highest BCUT2D eigenvalue weighted by Gasteiger charge is 1.99. The highest BCUT2D eigenvalue weighted by Crippen LogP contribution is 2.13. The predicted octanol–water partition coefficient (Wildman–Crippen LogP) is 3.02. The molecule has 0 aliphatic rings. The number of halogens is 1. The first-order valence-corrected chi connectivity index (χ1v) is 5.01. The molecule has 1 aromatic carbocycles. The third kappa shape index (κ3) is 1.86. The molecule has 0 aliphatic carbocycles. The van der Waals surface area contributed by atoms with Crippen molar-refractivity contribution in [1.82, 2.24) is 0 Å². The molecule has 0 saturated heterocycles. The van der Waals surface area contributed by atoms with E-state index in [1.807, 2.05) is 12.1 Å². The number of nitrogens with zero attached hydrogens (tertiary/aromatic N) is 1. The van der Waals surface area contributed by atoms with Crippen LogP contribution in [0, 0.1) is 11.3 Å². The van der Waals surface area contributed by atoms with Crippen LogP contribution in [0.5, 0.6) is 0 Å². The Morgan fingerprint density at radius 1 is 1.50 bits per heavy atom. The van der Waals surface area contributed by atoms with Gasteiger partial charge in [-0.2, -0.15) is 5.26 Å². The standard InChI is InChI=1S/C10H10BrN/c1-2-9-5-8(6-11)3-4-10(9)7-12/h3-5H,2,6H2,1H3. The van der Waals surface area contributed by atoms with Gasteiger partial charge in [-0.1, -0.05) is 35.0 Å². The molecule has 0 unspecified atom stereocenters. The van der Waals surface area contributed by atoms with Crippen molar-refractivity contribution >= 4 is 15.9 Å². The molecule has 0 radical (unpaired) electrons. The van der Waals surface area contributed by atoms with Crippen molar-refractivity contribution in [3.8, 4) is 6.07 Å². The van der Waals surface area contributed by atoms with Crippen LogP contribution in [0.3, 0.4) is 0 Å². The summed E-state index contributed by atoms with van der Waals surface area (Å²) >= 11 is 3.38. The molecule has 0 aliphatic heterocycles. The first-order valence-electron chi connectivity index (χ1n) is 3.89. The number of aryl methyl sites for hydroxylation is 1. The average Bonchev–Trinajstić information content (AvgIpc) is 2.16. The Kier molecular flexibility index (Phi) is 3.31. The molecular formula is C10H10BrN. The fraction of sp³-hybridized carbons (Fsp3) is 0.300. The van der Waals surface area contributed by atoms with E-state index >= 15 is 0 Å². The maximum Gasteiger partial charge on any atom is 0.0994 e. The molecule has 2 heteroatoms. The summed E-state index contributed by atoms with van der Waals surface area (Å²) in [5, 5.41) is 9.60. The molecule has 62 valence electrons. The van der Waals surface area contributed by atoms with Gasteiger partial charge in [0.15, 0.2) is 0 Å². The summed E-state index contributed by atoms with van der Waals surface area (Å²) in [7, 11) is 0. The van der Waals surface area contributed by atoms with Gasteiger partial charge in [0.2, 0.25) is 0 Å². The van der Waals surface area contributed by atoms with Crippen molar-refractivity contribution in [2.45, 2.75) is 18.7 Å². The molecule has 0 bridgehead atoms. The van der Waals surface area contributed by atoms with Gasteiger partial charge >= 0.3 is 0 Å². The van der Waals surface area contributed by atoms with E-state index in [4.69, 9.17) is 5.26 Å². The Morgan fingerprint density at radius 3 is 2.75 bits per heavy atom. The minimum absolute atomic E-state index is 0.794. The van der Waals surface area contributed by atoms with E-state index in [0.29, 0.717) is 0 Å². The molecule has 0 fully saturated rings. The molecule has 12 heavy (non-hydrogen) atoms. The van der Waals surface area contributed by atoms with E-state index in [2.05, 4.69) is 35.0 Å². The van der Waals surface area contributed by atoms with Gasteiger partial charge in [-0.25, -0.2) is 0 Å². The Bertz CT molecular complexity index is 312. The van der Waals surface area contributed by atoms with Crippen LogP contribution in [-0.4, -0.2) is 0 Å². The van der Waals surface area contributed by atoms with Gasteiger partial charge in [0, 0.05) is 5.33 Å². The first-order chi connectivity index (χ1) is 5.81. The molecule has 0 saturated carbocycles. The zero-order valence-electron chi connectivity index (χ0n) is 6.97. The Labute approximate surface area is 81.2 Å². The number of benzene rings is 1. The third-order valence-electron chi connectivity index (χ3n) is 1.83. The van der Waals surface area contributed by atoms with Gasteiger partial charge in [-0.05, 0) is 23.6 Å². The van der Waals surface area contributed by atoms with Crippen molar-refractivity contribution in [3.63, 3.8) is 0 Å². The molecule has 0 amide bonds. The SMILES string of the molecule is CCc1cc(CBr)ccc1C#N. The van der Waals surface area contributed by atoms with E-state index in [1.54, 1.807) is 0 Å². The number of hydrogen-bond donors (Lipinski definition) is 0. The second-order valence-corrected chi connectivity index (χ2v) is 3.15. The fourth-order valence-electron chi connectivity index (χ4n) is 1.13. The van der Waals surface area contributed by atoms with Crippen molar-refractivity contribution in [2.24, 2.45) is 0 Å². The number of nitriles is 1. The normalized spacial score (nSPS) is 9.42. The summed E-state index contributed by atoms with van der Waals surface area (Å²) in [5.41, 5.74) is 3.16. The van der Waals surface area contributed by atoms with Gasteiger partial charge in [0.05, 0.1) is 11.6 Å². The second-order valence-electron chi connectivity index (χ2n) is 2.59. The van der Waals surface area contributed by atoms with Crippen LogP contribution >= 0.6 is 15.9 Å². The van der Waals surface area contributed by atoms with Crippen LogP contribution in [0.1, 0.15) is 23.6 Å². The van der Waals surface area contributed by atoms with Crippen LogP contribution in [-0.2, 0) is 11.8 Å². The van der Waals surface area contributed by atoms with Gasteiger partial charge in [0.1, 0.15) is 0 Å². The average molecular weight is 224 g/mol. The lowest BCUT2D eigenvalue weighted by molar-refractivity contribution is 1.12. The number of hydrogen-bond acceptors (Lipinski definition) is 1. The second kappa shape index (κ2) is 4.27. The van der Waals surface area contributed by atoms with Crippen molar-refractivity contribution in [3.05, 3.63) is 34.9 Å². The Balaban J connectivity index is 3.13. The lowest BCUT2D eigenvalue weighted by atomic mass is 10.0. The Hall–Kier alpha value is -0.810. The molecule has 0 spiro atoms. The monoisotopic (exact) mass is 223 g/mol. The van der Waals surface area contributed by atoms with Gasteiger partial charge in [-0.15, -0.1) is 0 Å². The number of rotatable bonds is 2. The Morgan fingerprint density at radius 2 is 2.25 bits per heavy atom. The van der Waals surface area contributed by atoms with E-state index < -0.39 is 0 Å². The van der Waals surface area contributed by atoms with Crippen LogP contribution in [0.4, 0.5) is 0 Å². The molecule has 0 atom stereocenters. The van der Waals surface area contributed by atoms with Crippen molar-refractivity contribution in [2.75, 3.05) is 0 Å². The quantitative estimate of drug-likeness (QED) is 0.708. The third-order valence-corrected chi connectivity index (χ3v) is 2.47. The van der Waals surface area contributed by atoms with Crippen LogP contribution < -0.4 is 0 Å². The number of alkyl halides is 1. The summed E-state index contributed by atoms with van der Waals surface area (Å²) in [5.74, 6) is 0. The zero-order valence-corrected chi connectivity index (χ0v) is 8.56. The topological polar surface area (TPSA) is 23.8 Å². The summed E-state index contributed by atoms with van der Waals surface area (Å²) in [6.07, 6.45) is 0.920. The van der Waals surface area contributed by atoms with Crippen LogP contribution in [0.2, 0.25) is 0 Å². The highest BCUT2D eigenvalue weighted by atomic mass is 79.9. The fourth-order valence-corrected chi connectivity index (χ4v) is 1.48. The summed E-state index contributed by atoms with van der Waals surface area (Å²) in [4.78, 5) is 0. The largest absolute Gasteiger partial charge is 0.192 e. The van der Waals surface area contributed by atoms with E-state index in [1.165, 1.54) is 5.56 Å². The summed E-state index contributed by atoms with van der Waals surface area (Å²) in [6.45, 7) is 2.06. The highest BCUT2D eigenvalue weighted by molar-refractivity contribution is 9.08. The summed E-state index contributed by atoms with van der Waals surface area (Å²) in [6, 6.07) is 8.12. The maximum absolute atomic E-state index is 8.75. The van der Waals surface area contributed by atoms with Crippen molar-refractivity contribution < 1.29 is 0 Å². The minimum Gasteiger partial charge on any atom is -0.192 e. The van der Waals surface area contributed by atoms with Crippen LogP contribution in [0.15, 0.2) is 18.2 Å². The van der Waals surface area contributed by atoms with Crippen LogP contribution in [0.25, 0.3) is 0 Å². The minimum atomic E-state index is 0.794. The van der Waals surface area contributed by atoms with Gasteiger partial charge < -0.3 is 0 Å². The van der Waals surface area contributed by atoms with E-state index in [9.17, 15) is 0 Å². The van der Waals surface area contributed by atoms with Gasteiger partial charge in [-0.3, -0.25) is 0 Å². The molecule has 1 aromatic rings. The zero-order chi connectivity index (χ0) is 8.97. The molecule has 0 aromatic heterocycles. The molecule has 1 nitrogen and oxygen atoms in total. The van der Waals surface area contributed by atoms with E-state index in [0.717, 1.165) is 22.9 Å². The van der Waals surface area contributed by atoms with Crippen molar-refractivity contribution in [1.29, 1.82) is 5.26 Å². The lowest BCUT2D eigenvalue weighted by Crippen LogP contribution is -1.89.